The third-order valence-electron chi connectivity index (χ3n) is 1.77. The van der Waals surface area contributed by atoms with E-state index >= 15 is 0 Å². The molecule has 0 radical (unpaired) electrons. The second-order valence-electron chi connectivity index (χ2n) is 4.26. The summed E-state index contributed by atoms with van der Waals surface area (Å²) >= 11 is 3.22. The Kier molecular flexibility index (Phi) is 4.38. The Morgan fingerprint density at radius 2 is 2.06 bits per heavy atom. The highest BCUT2D eigenvalue weighted by molar-refractivity contribution is 9.10. The van der Waals surface area contributed by atoms with Gasteiger partial charge >= 0.3 is 0 Å². The number of hydrogen-bond acceptors (Lipinski definition) is 1. The number of hydrogen-bond donors (Lipinski definition) is 0. The Bertz CT molecular complexity index is 440. The van der Waals surface area contributed by atoms with Gasteiger partial charge in [0.1, 0.15) is 16.8 Å². The van der Waals surface area contributed by atoms with Gasteiger partial charge in [-0.2, -0.15) is 4.40 Å². The van der Waals surface area contributed by atoms with Crippen LogP contribution in [0.2, 0.25) is 0 Å². The van der Waals surface area contributed by atoms with Crippen LogP contribution in [0.4, 0.5) is 4.39 Å². The van der Waals surface area contributed by atoms with E-state index in [0.29, 0.717) is 10.0 Å². The molecule has 0 spiro atoms. The van der Waals surface area contributed by atoms with Crippen molar-refractivity contribution in [3.05, 3.63) is 34.1 Å². The van der Waals surface area contributed by atoms with E-state index in [0.717, 1.165) is 0 Å². The average Bonchev–Trinajstić information content (AvgIpc) is 2.14. The van der Waals surface area contributed by atoms with E-state index < -0.39 is 11.0 Å². The highest BCUT2D eigenvalue weighted by atomic mass is 79.9. The first kappa shape index (κ1) is 13.5. The van der Waals surface area contributed by atoms with Crippen molar-refractivity contribution in [2.45, 2.75) is 25.5 Å². The molecule has 0 unspecified atom stereocenters. The molecule has 16 heavy (non-hydrogen) atoms. The van der Waals surface area contributed by atoms with E-state index in [9.17, 15) is 8.60 Å². The Labute approximate surface area is 106 Å². The molecule has 5 heteroatoms. The minimum absolute atomic E-state index is 0.319. The van der Waals surface area contributed by atoms with Crippen LogP contribution in [0.25, 0.3) is 0 Å². The summed E-state index contributed by atoms with van der Waals surface area (Å²) in [6.45, 7) is 5.54. The summed E-state index contributed by atoms with van der Waals surface area (Å²) in [5, 5.41) is 0. The van der Waals surface area contributed by atoms with Crippen molar-refractivity contribution in [1.29, 1.82) is 0 Å². The highest BCUT2D eigenvalue weighted by Crippen LogP contribution is 2.17. The van der Waals surface area contributed by atoms with Crippen molar-refractivity contribution in [3.63, 3.8) is 0 Å². The van der Waals surface area contributed by atoms with Crippen molar-refractivity contribution in [2.75, 3.05) is 0 Å². The van der Waals surface area contributed by atoms with E-state index in [1.165, 1.54) is 18.3 Å². The summed E-state index contributed by atoms with van der Waals surface area (Å²) in [6.07, 6.45) is 1.49. The van der Waals surface area contributed by atoms with E-state index in [-0.39, 0.29) is 10.6 Å². The smallest absolute Gasteiger partial charge is 0.144 e. The monoisotopic (exact) mass is 305 g/mol. The fourth-order valence-electron chi connectivity index (χ4n) is 0.869. The molecule has 0 saturated carbocycles. The quantitative estimate of drug-likeness (QED) is 0.769. The summed E-state index contributed by atoms with van der Waals surface area (Å²) in [7, 11) is -1.30. The zero-order valence-electron chi connectivity index (χ0n) is 9.33. The molecule has 0 fully saturated rings. The zero-order valence-corrected chi connectivity index (χ0v) is 11.7. The van der Waals surface area contributed by atoms with Crippen LogP contribution in [0.5, 0.6) is 0 Å². The van der Waals surface area contributed by atoms with Gasteiger partial charge in [-0.15, -0.1) is 0 Å². The minimum Gasteiger partial charge on any atom is -0.234 e. The third-order valence-corrected chi connectivity index (χ3v) is 3.81. The van der Waals surface area contributed by atoms with E-state index in [2.05, 4.69) is 20.3 Å². The second-order valence-corrected chi connectivity index (χ2v) is 7.05. The number of halogens is 2. The topological polar surface area (TPSA) is 29.4 Å². The summed E-state index contributed by atoms with van der Waals surface area (Å²) in [5.74, 6) is -0.319. The maximum atomic E-state index is 12.8. The zero-order chi connectivity index (χ0) is 12.3. The first-order chi connectivity index (χ1) is 7.30. The fourth-order valence-corrected chi connectivity index (χ4v) is 1.85. The minimum atomic E-state index is -1.30. The van der Waals surface area contributed by atoms with Crippen LogP contribution < -0.4 is 0 Å². The molecule has 0 aromatic heterocycles. The largest absolute Gasteiger partial charge is 0.234 e. The molecule has 1 atom stereocenters. The van der Waals surface area contributed by atoms with Crippen LogP contribution in [0.3, 0.4) is 0 Å². The van der Waals surface area contributed by atoms with Crippen molar-refractivity contribution in [1.82, 2.24) is 0 Å². The van der Waals surface area contributed by atoms with Crippen molar-refractivity contribution in [3.8, 4) is 0 Å². The Hall–Kier alpha value is -0.550. The number of benzene rings is 1. The normalized spacial score (nSPS) is 14.3. The molecule has 0 N–H and O–H groups in total. The van der Waals surface area contributed by atoms with Crippen molar-refractivity contribution < 1.29 is 8.60 Å². The predicted molar refractivity (Wildman–Crippen MR) is 69.6 cm³/mol. The standard InChI is InChI=1S/C11H13BrFNOS/c1-11(2,3)16(15)14-7-8-4-5-9(13)6-10(8)12/h4-7H,1-3H3/b14-7+/t16-/m1/s1. The maximum absolute atomic E-state index is 12.8. The molecule has 0 aliphatic rings. The predicted octanol–water partition coefficient (Wildman–Crippen LogP) is 3.47. The Balaban J connectivity index is 2.89. The van der Waals surface area contributed by atoms with Crippen molar-refractivity contribution in [2.24, 2.45) is 4.40 Å². The van der Waals surface area contributed by atoms with Gasteiger partial charge < -0.3 is 0 Å². The summed E-state index contributed by atoms with van der Waals surface area (Å²) in [5.41, 5.74) is 0.707. The lowest BCUT2D eigenvalue weighted by Gasteiger charge is -2.12. The molecule has 0 aliphatic heterocycles. The van der Waals surface area contributed by atoms with Crippen LogP contribution in [0.15, 0.2) is 27.1 Å². The van der Waals surface area contributed by atoms with Gasteiger partial charge in [0.2, 0.25) is 0 Å². The van der Waals surface area contributed by atoms with Crippen LogP contribution in [-0.2, 0) is 11.0 Å². The molecule has 0 bridgehead atoms. The molecule has 0 aliphatic carbocycles. The highest BCUT2D eigenvalue weighted by Gasteiger charge is 2.18. The average molecular weight is 306 g/mol. The van der Waals surface area contributed by atoms with E-state index in [4.69, 9.17) is 0 Å². The summed E-state index contributed by atoms with van der Waals surface area (Å²) in [6, 6.07) is 4.27. The molecule has 1 aromatic rings. The number of nitrogens with zero attached hydrogens (tertiary/aromatic N) is 1. The van der Waals surface area contributed by atoms with Gasteiger partial charge in [0.05, 0.1) is 4.75 Å². The second kappa shape index (κ2) is 5.19. The van der Waals surface area contributed by atoms with Gasteiger partial charge in [-0.1, -0.05) is 15.9 Å². The molecular weight excluding hydrogens is 293 g/mol. The molecule has 0 amide bonds. The summed E-state index contributed by atoms with van der Waals surface area (Å²) < 4.78 is 28.6. The van der Waals surface area contributed by atoms with Crippen LogP contribution >= 0.6 is 15.9 Å². The molecule has 88 valence electrons. The first-order valence-electron chi connectivity index (χ1n) is 4.72. The van der Waals surface area contributed by atoms with Crippen LogP contribution in [-0.4, -0.2) is 15.2 Å². The van der Waals surface area contributed by atoms with E-state index in [1.807, 2.05) is 20.8 Å². The molecule has 0 saturated heterocycles. The van der Waals surface area contributed by atoms with E-state index in [1.54, 1.807) is 6.07 Å². The van der Waals surface area contributed by atoms with Gasteiger partial charge in [0.25, 0.3) is 0 Å². The van der Waals surface area contributed by atoms with Gasteiger partial charge in [-0.25, -0.2) is 8.60 Å². The van der Waals surface area contributed by atoms with Crippen LogP contribution in [0, 0.1) is 5.82 Å². The van der Waals surface area contributed by atoms with Gasteiger partial charge in [-0.05, 0) is 39.0 Å². The lowest BCUT2D eigenvalue weighted by molar-refractivity contribution is 0.627. The lowest BCUT2D eigenvalue weighted by atomic mass is 10.2. The first-order valence-corrected chi connectivity index (χ1v) is 6.62. The van der Waals surface area contributed by atoms with Gasteiger partial charge in [-0.3, -0.25) is 0 Å². The maximum Gasteiger partial charge on any atom is 0.144 e. The fraction of sp³-hybridized carbons (Fsp3) is 0.364. The Morgan fingerprint density at radius 3 is 2.56 bits per heavy atom. The van der Waals surface area contributed by atoms with Crippen molar-refractivity contribution >= 4 is 33.1 Å². The Morgan fingerprint density at radius 1 is 1.44 bits per heavy atom. The summed E-state index contributed by atoms with van der Waals surface area (Å²) in [4.78, 5) is 0. The SMILES string of the molecule is CC(C)(C)[S@@](=O)/N=C/c1ccc(F)cc1Br. The molecule has 1 aromatic carbocycles. The molecule has 2 nitrogen and oxygen atoms in total. The molecule has 1 rings (SSSR count). The molecular formula is C11H13BrFNOS. The van der Waals surface area contributed by atoms with Crippen LogP contribution in [0.1, 0.15) is 26.3 Å². The van der Waals surface area contributed by atoms with Gasteiger partial charge in [0.15, 0.2) is 0 Å². The third kappa shape index (κ3) is 3.79. The lowest BCUT2D eigenvalue weighted by Crippen LogP contribution is -2.19. The number of rotatable bonds is 2. The molecule has 0 heterocycles. The van der Waals surface area contributed by atoms with Gasteiger partial charge in [0, 0.05) is 16.3 Å².